The smallest absolute Gasteiger partial charge is 0.426 e. The number of carbonyl (C=O) groups is 2. The second-order valence-electron chi connectivity index (χ2n) is 5.43. The van der Waals surface area contributed by atoms with Crippen LogP contribution in [0.15, 0.2) is 53.1 Å². The molecular formula is C18H13Cl2N3O4. The minimum atomic E-state index is -1.28. The summed E-state index contributed by atoms with van der Waals surface area (Å²) in [4.78, 5) is 21.7. The second-order valence-corrected chi connectivity index (χ2v) is 6.24. The molecule has 0 atom stereocenters. The Bertz CT molecular complexity index is 970. The van der Waals surface area contributed by atoms with Crippen molar-refractivity contribution in [3.05, 3.63) is 58.6 Å². The van der Waals surface area contributed by atoms with Gasteiger partial charge >= 0.3 is 6.09 Å². The zero-order valence-corrected chi connectivity index (χ0v) is 15.2. The van der Waals surface area contributed by atoms with Crippen molar-refractivity contribution in [1.82, 2.24) is 10.2 Å². The van der Waals surface area contributed by atoms with Crippen LogP contribution in [0, 0.1) is 0 Å². The highest BCUT2D eigenvalue weighted by molar-refractivity contribution is 6.39. The molecular weight excluding hydrogens is 393 g/mol. The van der Waals surface area contributed by atoms with E-state index >= 15 is 0 Å². The van der Waals surface area contributed by atoms with Gasteiger partial charge in [0.05, 0.1) is 15.7 Å². The van der Waals surface area contributed by atoms with E-state index < -0.39 is 6.09 Å². The normalized spacial score (nSPS) is 10.4. The summed E-state index contributed by atoms with van der Waals surface area (Å²) in [6, 6.07) is 13.6. The van der Waals surface area contributed by atoms with E-state index in [-0.39, 0.29) is 6.54 Å². The third kappa shape index (κ3) is 4.21. The molecule has 1 heterocycles. The minimum absolute atomic E-state index is 0.309. The van der Waals surface area contributed by atoms with Gasteiger partial charge in [-0.15, -0.1) is 0 Å². The molecule has 3 rings (SSSR count). The summed E-state index contributed by atoms with van der Waals surface area (Å²) in [5.41, 5.74) is 4.80. The molecule has 0 aliphatic carbocycles. The van der Waals surface area contributed by atoms with Crippen molar-refractivity contribution in [2.75, 3.05) is 12.0 Å². The zero-order valence-electron chi connectivity index (χ0n) is 13.7. The maximum Gasteiger partial charge on any atom is 0.426 e. The first kappa shape index (κ1) is 18.8. The maximum atomic E-state index is 11.1. The van der Waals surface area contributed by atoms with E-state index in [0.29, 0.717) is 44.6 Å². The molecule has 0 radical (unpaired) electrons. The highest BCUT2D eigenvalue weighted by Gasteiger charge is 2.15. The van der Waals surface area contributed by atoms with E-state index in [0.717, 1.165) is 5.01 Å². The van der Waals surface area contributed by atoms with Gasteiger partial charge in [-0.2, -0.15) is 0 Å². The molecule has 138 valence electrons. The molecule has 1 aromatic heterocycles. The summed E-state index contributed by atoms with van der Waals surface area (Å²) < 4.78 is 5.39. The van der Waals surface area contributed by atoms with Crippen LogP contribution in [0.25, 0.3) is 22.6 Å². The van der Waals surface area contributed by atoms with E-state index in [4.69, 9.17) is 32.8 Å². The van der Waals surface area contributed by atoms with Crippen LogP contribution in [0.4, 0.5) is 10.5 Å². The first-order valence-corrected chi connectivity index (χ1v) is 8.47. The summed E-state index contributed by atoms with van der Waals surface area (Å²) in [7, 11) is 0. The average Bonchev–Trinajstić information content (AvgIpc) is 3.11. The van der Waals surface area contributed by atoms with Crippen molar-refractivity contribution >= 4 is 41.3 Å². The summed E-state index contributed by atoms with van der Waals surface area (Å²) in [6.07, 6.45) is -0.788. The van der Waals surface area contributed by atoms with Crippen molar-refractivity contribution in [3.8, 4) is 22.6 Å². The SMILES string of the molecule is O=CCN(Nc1cccc(-c2cc(-c3c(Cl)cccc3Cl)no2)c1)C(=O)O. The van der Waals surface area contributed by atoms with Crippen molar-refractivity contribution in [2.45, 2.75) is 0 Å². The van der Waals surface area contributed by atoms with Gasteiger partial charge in [0.15, 0.2) is 5.76 Å². The molecule has 0 fully saturated rings. The fourth-order valence-corrected chi connectivity index (χ4v) is 3.01. The summed E-state index contributed by atoms with van der Waals surface area (Å²) >= 11 is 12.4. The van der Waals surface area contributed by atoms with Crippen LogP contribution in [-0.4, -0.2) is 34.2 Å². The number of aldehydes is 1. The first-order chi connectivity index (χ1) is 13.0. The summed E-state index contributed by atoms with van der Waals surface area (Å²) in [5, 5.41) is 14.8. The van der Waals surface area contributed by atoms with E-state index in [9.17, 15) is 9.59 Å². The molecule has 3 aromatic rings. The highest BCUT2D eigenvalue weighted by atomic mass is 35.5. The van der Waals surface area contributed by atoms with Gasteiger partial charge in [0.1, 0.15) is 18.5 Å². The van der Waals surface area contributed by atoms with Crippen molar-refractivity contribution in [1.29, 1.82) is 0 Å². The van der Waals surface area contributed by atoms with Gasteiger partial charge in [0.25, 0.3) is 0 Å². The van der Waals surface area contributed by atoms with Crippen LogP contribution in [-0.2, 0) is 4.79 Å². The number of benzene rings is 2. The topological polar surface area (TPSA) is 95.7 Å². The molecule has 7 nitrogen and oxygen atoms in total. The molecule has 0 aliphatic rings. The molecule has 0 bridgehead atoms. The summed E-state index contributed by atoms with van der Waals surface area (Å²) in [5.74, 6) is 0.446. The lowest BCUT2D eigenvalue weighted by Gasteiger charge is -2.18. The van der Waals surface area contributed by atoms with Crippen LogP contribution < -0.4 is 5.43 Å². The molecule has 27 heavy (non-hydrogen) atoms. The number of aromatic nitrogens is 1. The van der Waals surface area contributed by atoms with Gasteiger partial charge < -0.3 is 14.4 Å². The lowest BCUT2D eigenvalue weighted by atomic mass is 10.1. The first-order valence-electron chi connectivity index (χ1n) is 7.72. The Labute approximate surface area is 164 Å². The maximum absolute atomic E-state index is 11.1. The Morgan fingerprint density at radius 3 is 2.56 bits per heavy atom. The highest BCUT2D eigenvalue weighted by Crippen LogP contribution is 2.36. The largest absolute Gasteiger partial charge is 0.464 e. The fraction of sp³-hybridized carbons (Fsp3) is 0.0556. The lowest BCUT2D eigenvalue weighted by molar-refractivity contribution is -0.108. The number of hydrazine groups is 1. The molecule has 0 aliphatic heterocycles. The third-order valence-electron chi connectivity index (χ3n) is 3.63. The molecule has 0 saturated heterocycles. The van der Waals surface area contributed by atoms with E-state index in [1.807, 2.05) is 0 Å². The molecule has 9 heteroatoms. The van der Waals surface area contributed by atoms with Crippen LogP contribution in [0.2, 0.25) is 10.0 Å². The molecule has 1 amide bonds. The van der Waals surface area contributed by atoms with Gasteiger partial charge in [0.2, 0.25) is 0 Å². The quantitative estimate of drug-likeness (QED) is 0.450. The Kier molecular flexibility index (Phi) is 5.63. The number of anilines is 1. The van der Waals surface area contributed by atoms with Gasteiger partial charge in [-0.1, -0.05) is 46.6 Å². The van der Waals surface area contributed by atoms with E-state index in [1.165, 1.54) is 0 Å². The Balaban J connectivity index is 1.89. The number of nitrogens with zero attached hydrogens (tertiary/aromatic N) is 2. The van der Waals surface area contributed by atoms with Gasteiger partial charge in [-0.3, -0.25) is 5.43 Å². The summed E-state index contributed by atoms with van der Waals surface area (Å²) in [6.45, 7) is -0.309. The predicted octanol–water partition coefficient (Wildman–Crippen LogP) is 4.82. The minimum Gasteiger partial charge on any atom is -0.464 e. The number of carbonyl (C=O) groups excluding carboxylic acids is 1. The number of rotatable bonds is 6. The third-order valence-corrected chi connectivity index (χ3v) is 4.26. The Morgan fingerprint density at radius 1 is 1.19 bits per heavy atom. The number of hydrogen-bond acceptors (Lipinski definition) is 5. The number of hydrogen-bond donors (Lipinski definition) is 2. The van der Waals surface area contributed by atoms with Gasteiger partial charge in [-0.25, -0.2) is 9.80 Å². The Hall–Kier alpha value is -3.03. The van der Waals surface area contributed by atoms with E-state index in [1.54, 1.807) is 48.5 Å². The van der Waals surface area contributed by atoms with Crippen molar-refractivity contribution < 1.29 is 19.2 Å². The predicted molar refractivity (Wildman–Crippen MR) is 102 cm³/mol. The monoisotopic (exact) mass is 405 g/mol. The second kappa shape index (κ2) is 8.11. The van der Waals surface area contributed by atoms with Crippen LogP contribution in [0.3, 0.4) is 0 Å². The number of halogens is 2. The molecule has 0 saturated carbocycles. The van der Waals surface area contributed by atoms with E-state index in [2.05, 4.69) is 10.6 Å². The number of amides is 1. The van der Waals surface area contributed by atoms with Gasteiger partial charge in [0, 0.05) is 17.2 Å². The van der Waals surface area contributed by atoms with Crippen molar-refractivity contribution in [3.63, 3.8) is 0 Å². The van der Waals surface area contributed by atoms with Crippen LogP contribution in [0.1, 0.15) is 0 Å². The van der Waals surface area contributed by atoms with Crippen molar-refractivity contribution in [2.24, 2.45) is 0 Å². The van der Waals surface area contributed by atoms with Gasteiger partial charge in [-0.05, 0) is 24.3 Å². The number of nitrogens with one attached hydrogen (secondary N) is 1. The molecule has 0 spiro atoms. The lowest BCUT2D eigenvalue weighted by Crippen LogP contribution is -2.36. The zero-order chi connectivity index (χ0) is 19.4. The average molecular weight is 406 g/mol. The molecule has 0 unspecified atom stereocenters. The standard InChI is InChI=1S/C18H13Cl2N3O4/c19-13-5-2-6-14(20)17(13)15-10-16(27-22-15)11-3-1-4-12(9-11)21-23(7-8-24)18(25)26/h1-6,8-10,21H,7H2,(H,25,26). The Morgan fingerprint density at radius 2 is 1.89 bits per heavy atom. The molecule has 2 aromatic carbocycles. The van der Waals surface area contributed by atoms with Crippen LogP contribution in [0.5, 0.6) is 0 Å². The number of carboxylic acid groups (broad SMARTS) is 1. The fourth-order valence-electron chi connectivity index (χ4n) is 2.42. The molecule has 2 N–H and O–H groups in total. The van der Waals surface area contributed by atoms with Crippen LogP contribution >= 0.6 is 23.2 Å².